The molecular formula is C30H36N2O5. The second kappa shape index (κ2) is 12.5. The zero-order valence-electron chi connectivity index (χ0n) is 21.9. The van der Waals surface area contributed by atoms with E-state index >= 15 is 0 Å². The highest BCUT2D eigenvalue weighted by molar-refractivity contribution is 5.96. The first-order chi connectivity index (χ1) is 18.0. The number of carbonyl (C=O) groups excluding carboxylic acids is 2. The molecule has 1 aliphatic carbocycles. The van der Waals surface area contributed by atoms with Crippen LogP contribution >= 0.6 is 0 Å². The van der Waals surface area contributed by atoms with E-state index in [-0.39, 0.29) is 23.6 Å². The Balaban J connectivity index is 1.73. The molecule has 0 bridgehead atoms. The average Bonchev–Trinajstić information content (AvgIpc) is 3.47. The molecular weight excluding hydrogens is 468 g/mol. The van der Waals surface area contributed by atoms with Crippen molar-refractivity contribution in [2.45, 2.75) is 57.5 Å². The second-order valence-corrected chi connectivity index (χ2v) is 9.51. The number of hydrogen-bond donors (Lipinski definition) is 1. The van der Waals surface area contributed by atoms with Crippen LogP contribution in [0, 0.1) is 6.92 Å². The van der Waals surface area contributed by atoms with Crippen LogP contribution < -0.4 is 14.8 Å². The Kier molecular flexibility index (Phi) is 8.88. The molecule has 0 radical (unpaired) electrons. The summed E-state index contributed by atoms with van der Waals surface area (Å²) in [4.78, 5) is 29.4. The molecule has 1 atom stereocenters. The molecule has 1 saturated carbocycles. The van der Waals surface area contributed by atoms with Gasteiger partial charge in [0.05, 0.1) is 20.5 Å². The summed E-state index contributed by atoms with van der Waals surface area (Å²) in [6.07, 6.45) is 7.33. The Bertz CT molecular complexity index is 1180. The predicted octanol–water partition coefficient (Wildman–Crippen LogP) is 5.48. The van der Waals surface area contributed by atoms with E-state index in [1.165, 1.54) is 12.7 Å². The van der Waals surface area contributed by atoms with Crippen molar-refractivity contribution in [2.24, 2.45) is 0 Å². The highest BCUT2D eigenvalue weighted by atomic mass is 16.5. The molecule has 1 N–H and O–H groups in total. The normalized spacial score (nSPS) is 14.6. The number of amides is 2. The number of aryl methyl sites for hydroxylation is 1. The monoisotopic (exact) mass is 504 g/mol. The lowest BCUT2D eigenvalue weighted by atomic mass is 9.94. The van der Waals surface area contributed by atoms with E-state index in [0.29, 0.717) is 30.0 Å². The summed E-state index contributed by atoms with van der Waals surface area (Å²) >= 11 is 0. The minimum atomic E-state index is -0.872. The van der Waals surface area contributed by atoms with E-state index in [1.807, 2.05) is 18.2 Å². The lowest BCUT2D eigenvalue weighted by Gasteiger charge is -2.33. The molecule has 2 aromatic carbocycles. The van der Waals surface area contributed by atoms with Gasteiger partial charge < -0.3 is 24.1 Å². The Morgan fingerprint density at radius 1 is 1.00 bits per heavy atom. The van der Waals surface area contributed by atoms with Gasteiger partial charge in [-0.1, -0.05) is 49.6 Å². The number of ether oxygens (including phenoxy) is 2. The van der Waals surface area contributed by atoms with E-state index in [2.05, 4.69) is 24.4 Å². The van der Waals surface area contributed by atoms with Gasteiger partial charge in [0.25, 0.3) is 5.91 Å². The van der Waals surface area contributed by atoms with Crippen LogP contribution in [0.25, 0.3) is 0 Å². The predicted molar refractivity (Wildman–Crippen MR) is 142 cm³/mol. The molecule has 196 valence electrons. The zero-order valence-corrected chi connectivity index (χ0v) is 21.9. The second-order valence-electron chi connectivity index (χ2n) is 9.51. The van der Waals surface area contributed by atoms with Crippen molar-refractivity contribution in [3.05, 3.63) is 83.3 Å². The molecule has 2 amide bonds. The van der Waals surface area contributed by atoms with Crippen molar-refractivity contribution in [1.82, 2.24) is 10.2 Å². The molecule has 0 spiro atoms. The molecule has 0 saturated heterocycles. The highest BCUT2D eigenvalue weighted by Crippen LogP contribution is 2.33. The van der Waals surface area contributed by atoms with Gasteiger partial charge in [0, 0.05) is 12.6 Å². The summed E-state index contributed by atoms with van der Waals surface area (Å²) in [6, 6.07) is 16.0. The topological polar surface area (TPSA) is 81.0 Å². The van der Waals surface area contributed by atoms with Gasteiger partial charge in [0.2, 0.25) is 5.91 Å². The van der Waals surface area contributed by atoms with Gasteiger partial charge in [0.15, 0.2) is 17.3 Å². The number of nitrogens with one attached hydrogen (secondary N) is 1. The fourth-order valence-electron chi connectivity index (χ4n) is 5.04. The van der Waals surface area contributed by atoms with Crippen molar-refractivity contribution in [1.29, 1.82) is 0 Å². The minimum Gasteiger partial charge on any atom is -0.493 e. The van der Waals surface area contributed by atoms with E-state index in [1.54, 1.807) is 43.4 Å². The summed E-state index contributed by atoms with van der Waals surface area (Å²) in [7, 11) is 3.13. The number of hydrogen-bond acceptors (Lipinski definition) is 5. The maximum Gasteiger partial charge on any atom is 0.290 e. The number of nitrogens with zero attached hydrogens (tertiary/aromatic N) is 1. The molecule has 1 heterocycles. The number of benzene rings is 2. The molecule has 3 aromatic rings. The van der Waals surface area contributed by atoms with Crippen molar-refractivity contribution >= 4 is 11.8 Å². The summed E-state index contributed by atoms with van der Waals surface area (Å²) in [5, 5.41) is 3.24. The number of rotatable bonds is 10. The summed E-state index contributed by atoms with van der Waals surface area (Å²) in [6.45, 7) is 2.39. The molecule has 1 fully saturated rings. The fraction of sp³-hybridized carbons (Fsp3) is 0.400. The van der Waals surface area contributed by atoms with Crippen LogP contribution in [0.1, 0.15) is 65.4 Å². The quantitative estimate of drug-likeness (QED) is 0.395. The molecule has 7 heteroatoms. The molecule has 0 aliphatic heterocycles. The van der Waals surface area contributed by atoms with Crippen LogP contribution in [0.15, 0.2) is 65.3 Å². The van der Waals surface area contributed by atoms with Gasteiger partial charge >= 0.3 is 0 Å². The van der Waals surface area contributed by atoms with Gasteiger partial charge in [-0.05, 0) is 67.1 Å². The Hall–Kier alpha value is -3.74. The zero-order chi connectivity index (χ0) is 26.2. The molecule has 4 rings (SSSR count). The van der Waals surface area contributed by atoms with Crippen molar-refractivity contribution < 1.29 is 23.5 Å². The highest BCUT2D eigenvalue weighted by Gasteiger charge is 2.35. The first kappa shape index (κ1) is 26.3. The SMILES string of the molecule is COc1ccc([C@@H](C(=O)NC2CCCCC2)N(CCc2ccccc2C)C(=O)c2ccco2)cc1OC. The third kappa shape index (κ3) is 6.34. The number of furan rings is 1. The first-order valence-corrected chi connectivity index (χ1v) is 12.9. The van der Waals surface area contributed by atoms with Crippen LogP contribution in [0.5, 0.6) is 11.5 Å². The Morgan fingerprint density at radius 3 is 2.43 bits per heavy atom. The van der Waals surface area contributed by atoms with E-state index in [0.717, 1.165) is 36.8 Å². The average molecular weight is 505 g/mol. The third-order valence-corrected chi connectivity index (χ3v) is 7.11. The molecule has 7 nitrogen and oxygen atoms in total. The first-order valence-electron chi connectivity index (χ1n) is 12.9. The van der Waals surface area contributed by atoms with Gasteiger partial charge in [-0.25, -0.2) is 0 Å². The van der Waals surface area contributed by atoms with Crippen molar-refractivity contribution in [2.75, 3.05) is 20.8 Å². The van der Waals surface area contributed by atoms with Crippen LogP contribution in [0.2, 0.25) is 0 Å². The number of carbonyl (C=O) groups is 2. The lowest BCUT2D eigenvalue weighted by molar-refractivity contribution is -0.126. The number of methoxy groups -OCH3 is 2. The Morgan fingerprint density at radius 2 is 1.76 bits per heavy atom. The smallest absolute Gasteiger partial charge is 0.290 e. The summed E-state index contributed by atoms with van der Waals surface area (Å²) in [5.41, 5.74) is 2.91. The Labute approximate surface area is 218 Å². The van der Waals surface area contributed by atoms with Crippen LogP contribution in [0.4, 0.5) is 0 Å². The largest absolute Gasteiger partial charge is 0.493 e. The maximum absolute atomic E-state index is 14.0. The van der Waals surface area contributed by atoms with E-state index in [9.17, 15) is 9.59 Å². The standard InChI is InChI=1S/C30H36N2O5/c1-21-10-7-8-11-22(21)17-18-32(30(34)26-14-9-19-37-26)28(29(33)31-24-12-5-4-6-13-24)23-15-16-25(35-2)27(20-23)36-3/h7-11,14-16,19-20,24,28H,4-6,12-13,17-18H2,1-3H3,(H,31,33)/t28-/m0/s1. The van der Waals surface area contributed by atoms with Crippen molar-refractivity contribution in [3.63, 3.8) is 0 Å². The molecule has 37 heavy (non-hydrogen) atoms. The van der Waals surface area contributed by atoms with Crippen molar-refractivity contribution in [3.8, 4) is 11.5 Å². The summed E-state index contributed by atoms with van der Waals surface area (Å²) < 4.78 is 16.4. The van der Waals surface area contributed by atoms with E-state index in [4.69, 9.17) is 13.9 Å². The minimum absolute atomic E-state index is 0.0980. The molecule has 0 unspecified atom stereocenters. The van der Waals surface area contributed by atoms with E-state index < -0.39 is 6.04 Å². The lowest BCUT2D eigenvalue weighted by Crippen LogP contribution is -2.47. The van der Waals surface area contributed by atoms with Crippen LogP contribution in [0.3, 0.4) is 0 Å². The van der Waals surface area contributed by atoms with Gasteiger partial charge in [0.1, 0.15) is 6.04 Å². The van der Waals surface area contributed by atoms with Crippen LogP contribution in [-0.2, 0) is 11.2 Å². The van der Waals surface area contributed by atoms with Gasteiger partial charge in [-0.2, -0.15) is 0 Å². The fourth-order valence-corrected chi connectivity index (χ4v) is 5.04. The molecule has 1 aromatic heterocycles. The van der Waals surface area contributed by atoms with Gasteiger partial charge in [-0.3, -0.25) is 9.59 Å². The molecule has 1 aliphatic rings. The summed E-state index contributed by atoms with van der Waals surface area (Å²) in [5.74, 6) is 0.711. The maximum atomic E-state index is 14.0. The van der Waals surface area contributed by atoms with Crippen LogP contribution in [-0.4, -0.2) is 43.5 Å². The van der Waals surface area contributed by atoms with Gasteiger partial charge in [-0.15, -0.1) is 0 Å². The third-order valence-electron chi connectivity index (χ3n) is 7.11.